The monoisotopic (exact) mass is 316 g/mol. The van der Waals surface area contributed by atoms with Crippen molar-refractivity contribution in [2.75, 3.05) is 0 Å². The number of alkyl halides is 7. The van der Waals surface area contributed by atoms with Crippen LogP contribution in [0.3, 0.4) is 0 Å². The second-order valence-corrected chi connectivity index (χ2v) is 3.45. The number of carboxylic acid groups (broad SMARTS) is 2. The number of carboxylic acids is 2. The van der Waals surface area contributed by atoms with Gasteiger partial charge in [-0.25, -0.2) is 4.79 Å². The Morgan fingerprint density at radius 3 is 1.45 bits per heavy atom. The van der Waals surface area contributed by atoms with Crippen molar-refractivity contribution < 1.29 is 50.5 Å². The maximum atomic E-state index is 11.8. The molecule has 0 aromatic carbocycles. The van der Waals surface area contributed by atoms with E-state index in [0.29, 0.717) is 6.42 Å². The zero-order valence-corrected chi connectivity index (χ0v) is 9.98. The predicted octanol–water partition coefficient (Wildman–Crippen LogP) is 3.17. The number of rotatable bonds is 5. The summed E-state index contributed by atoms with van der Waals surface area (Å²) in [5.41, 5.74) is 0. The van der Waals surface area contributed by atoms with Crippen LogP contribution in [0.5, 0.6) is 0 Å². The van der Waals surface area contributed by atoms with Crippen molar-refractivity contribution >= 4 is 11.9 Å². The van der Waals surface area contributed by atoms with Crippen LogP contribution in [0.25, 0.3) is 0 Å². The molecule has 0 amide bonds. The van der Waals surface area contributed by atoms with E-state index < -0.39 is 30.0 Å². The van der Waals surface area contributed by atoms with Crippen molar-refractivity contribution in [2.24, 2.45) is 0 Å². The molecule has 0 saturated carbocycles. The molecule has 0 unspecified atom stereocenters. The topological polar surface area (TPSA) is 74.6 Å². The summed E-state index contributed by atoms with van der Waals surface area (Å²) in [4.78, 5) is 19.1. The average molecular weight is 316 g/mol. The molecule has 0 radical (unpaired) electrons. The molecule has 0 aliphatic heterocycles. The van der Waals surface area contributed by atoms with Gasteiger partial charge in [0.2, 0.25) is 0 Å². The van der Waals surface area contributed by atoms with Gasteiger partial charge in [0.1, 0.15) is 0 Å². The Balaban J connectivity index is 0. The summed E-state index contributed by atoms with van der Waals surface area (Å²) in [6, 6.07) is 0. The minimum atomic E-state index is -6.60. The highest BCUT2D eigenvalue weighted by Gasteiger charge is 2.76. The molecule has 0 saturated heterocycles. The van der Waals surface area contributed by atoms with E-state index in [4.69, 9.17) is 10.2 Å². The second-order valence-electron chi connectivity index (χ2n) is 3.45. The Morgan fingerprint density at radius 1 is 0.950 bits per heavy atom. The summed E-state index contributed by atoms with van der Waals surface area (Å²) in [7, 11) is 0. The molecule has 120 valence electrons. The minimum absolute atomic E-state index is 0.316. The van der Waals surface area contributed by atoms with Gasteiger partial charge in [0.25, 0.3) is 0 Å². The van der Waals surface area contributed by atoms with Crippen molar-refractivity contribution in [2.45, 2.75) is 44.2 Å². The molecule has 0 rings (SSSR count). The van der Waals surface area contributed by atoms with Crippen molar-refractivity contribution in [1.82, 2.24) is 0 Å². The van der Waals surface area contributed by atoms with Crippen LogP contribution < -0.4 is 0 Å². The third-order valence-corrected chi connectivity index (χ3v) is 1.76. The SMILES string of the molecule is CCCCC(=O)O.O=C(O)C(F)(F)C(F)(F)C(F)(F)F. The lowest BCUT2D eigenvalue weighted by atomic mass is 10.1. The molecule has 0 aliphatic carbocycles. The molecule has 0 bridgehead atoms. The van der Waals surface area contributed by atoms with Crippen molar-refractivity contribution in [3.63, 3.8) is 0 Å². The Labute approximate surface area is 108 Å². The molecule has 0 aliphatic rings. The maximum Gasteiger partial charge on any atom is 0.460 e. The highest BCUT2D eigenvalue weighted by atomic mass is 19.4. The lowest BCUT2D eigenvalue weighted by Crippen LogP contribution is -2.56. The van der Waals surface area contributed by atoms with E-state index in [2.05, 4.69) is 0 Å². The van der Waals surface area contributed by atoms with Crippen LogP contribution in [-0.2, 0) is 9.59 Å². The summed E-state index contributed by atoms with van der Waals surface area (Å²) in [6.45, 7) is 1.98. The van der Waals surface area contributed by atoms with Crippen LogP contribution in [-0.4, -0.2) is 40.2 Å². The van der Waals surface area contributed by atoms with Gasteiger partial charge in [-0.05, 0) is 6.42 Å². The van der Waals surface area contributed by atoms with E-state index in [1.807, 2.05) is 6.92 Å². The third-order valence-electron chi connectivity index (χ3n) is 1.76. The number of halogens is 7. The fraction of sp³-hybridized carbons (Fsp3) is 0.778. The van der Waals surface area contributed by atoms with Crippen LogP contribution in [0.2, 0.25) is 0 Å². The Morgan fingerprint density at radius 2 is 1.35 bits per heavy atom. The maximum absolute atomic E-state index is 11.8. The van der Waals surface area contributed by atoms with Gasteiger partial charge in [0, 0.05) is 6.42 Å². The van der Waals surface area contributed by atoms with Crippen LogP contribution >= 0.6 is 0 Å². The molecule has 2 N–H and O–H groups in total. The Hall–Kier alpha value is -1.55. The number of carbonyl (C=O) groups is 2. The standard InChI is InChI=1S/C5H10O2.C4HF7O2/c1-2-3-4-5(6)7;5-2(6,1(12)13)3(7,8)4(9,10)11/h2-4H2,1H3,(H,6,7);(H,12,13). The number of hydrogen-bond donors (Lipinski definition) is 2. The van der Waals surface area contributed by atoms with Gasteiger partial charge in [-0.1, -0.05) is 13.3 Å². The molecule has 11 heteroatoms. The van der Waals surface area contributed by atoms with Crippen molar-refractivity contribution in [3.05, 3.63) is 0 Å². The first-order chi connectivity index (χ1) is 8.71. The first-order valence-corrected chi connectivity index (χ1v) is 4.99. The highest BCUT2D eigenvalue weighted by molar-refractivity contribution is 5.76. The van der Waals surface area contributed by atoms with E-state index in [-0.39, 0.29) is 0 Å². The zero-order valence-electron chi connectivity index (χ0n) is 9.98. The summed E-state index contributed by atoms with van der Waals surface area (Å²) in [5.74, 6) is -17.0. The van der Waals surface area contributed by atoms with Gasteiger partial charge in [0.05, 0.1) is 0 Å². The quantitative estimate of drug-likeness (QED) is 0.764. The van der Waals surface area contributed by atoms with Gasteiger partial charge in [-0.2, -0.15) is 30.7 Å². The molecule has 0 aromatic rings. The third kappa shape index (κ3) is 5.61. The second kappa shape index (κ2) is 7.29. The number of unbranched alkanes of at least 4 members (excludes halogenated alkanes) is 1. The van der Waals surface area contributed by atoms with Crippen LogP contribution in [0.4, 0.5) is 30.7 Å². The van der Waals surface area contributed by atoms with E-state index in [1.54, 1.807) is 0 Å². The number of aliphatic carboxylic acids is 2. The van der Waals surface area contributed by atoms with Gasteiger partial charge in [-0.3, -0.25) is 4.79 Å². The molecular weight excluding hydrogens is 305 g/mol. The summed E-state index contributed by atoms with van der Waals surface area (Å²) in [6.07, 6.45) is -4.52. The Bertz CT molecular complexity index is 338. The van der Waals surface area contributed by atoms with Crippen molar-refractivity contribution in [3.8, 4) is 0 Å². The summed E-state index contributed by atoms with van der Waals surface area (Å²) in [5, 5.41) is 15.5. The molecule has 0 atom stereocenters. The fourth-order valence-electron chi connectivity index (χ4n) is 0.640. The van der Waals surface area contributed by atoms with Crippen LogP contribution in [0, 0.1) is 0 Å². The molecule has 0 heterocycles. The van der Waals surface area contributed by atoms with Gasteiger partial charge < -0.3 is 10.2 Å². The highest BCUT2D eigenvalue weighted by Crippen LogP contribution is 2.46. The van der Waals surface area contributed by atoms with Gasteiger partial charge >= 0.3 is 30.0 Å². The summed E-state index contributed by atoms with van der Waals surface area (Å²) < 4.78 is 80.5. The Kier molecular flexibility index (Phi) is 7.57. The van der Waals surface area contributed by atoms with Gasteiger partial charge in [0.15, 0.2) is 0 Å². The van der Waals surface area contributed by atoms with E-state index >= 15 is 0 Å². The predicted molar refractivity (Wildman–Crippen MR) is 50.7 cm³/mol. The molecular formula is C9H11F7O4. The van der Waals surface area contributed by atoms with Gasteiger partial charge in [-0.15, -0.1) is 0 Å². The number of hydrogen-bond acceptors (Lipinski definition) is 2. The first-order valence-electron chi connectivity index (χ1n) is 4.99. The normalized spacial score (nSPS) is 12.4. The van der Waals surface area contributed by atoms with Crippen molar-refractivity contribution in [1.29, 1.82) is 0 Å². The van der Waals surface area contributed by atoms with Crippen LogP contribution in [0.1, 0.15) is 26.2 Å². The molecule has 4 nitrogen and oxygen atoms in total. The van der Waals surface area contributed by atoms with E-state index in [0.717, 1.165) is 12.8 Å². The molecule has 0 fully saturated rings. The smallest absolute Gasteiger partial charge is 0.460 e. The largest absolute Gasteiger partial charge is 0.481 e. The zero-order chi connectivity index (χ0) is 16.8. The lowest BCUT2D eigenvalue weighted by molar-refractivity contribution is -0.347. The fourth-order valence-corrected chi connectivity index (χ4v) is 0.640. The molecule has 20 heavy (non-hydrogen) atoms. The molecule has 0 spiro atoms. The molecule has 0 aromatic heterocycles. The average Bonchev–Trinajstić information content (AvgIpc) is 2.25. The lowest BCUT2D eigenvalue weighted by Gasteiger charge is -2.24. The minimum Gasteiger partial charge on any atom is -0.481 e. The summed E-state index contributed by atoms with van der Waals surface area (Å²) >= 11 is 0. The van der Waals surface area contributed by atoms with Crippen LogP contribution in [0.15, 0.2) is 0 Å². The van der Waals surface area contributed by atoms with E-state index in [9.17, 15) is 40.3 Å². The first kappa shape index (κ1) is 20.8. The van der Waals surface area contributed by atoms with E-state index in [1.165, 1.54) is 0 Å².